The minimum Gasteiger partial charge on any atom is -0.378 e. The van der Waals surface area contributed by atoms with Crippen molar-refractivity contribution >= 4 is 27.5 Å². The molecule has 5 heteroatoms. The highest BCUT2D eigenvalue weighted by atomic mass is 79.9. The van der Waals surface area contributed by atoms with Gasteiger partial charge in [0.1, 0.15) is 5.60 Å². The first-order chi connectivity index (χ1) is 8.65. The Hall–Kier alpha value is -0.130. The number of ether oxygens (including phenoxy) is 2. The molecule has 1 unspecified atom stereocenters. The smallest absolute Gasteiger partial charge is 0.106 e. The van der Waals surface area contributed by atoms with E-state index < -0.39 is 0 Å². The maximum atomic E-state index is 5.96. The van der Waals surface area contributed by atoms with Crippen LogP contribution in [0.4, 0.5) is 0 Å². The third-order valence-corrected chi connectivity index (χ3v) is 4.47. The SMILES string of the molecule is COC1(CNCc2ccc(Cl)c(Br)c2)CCOC1. The van der Waals surface area contributed by atoms with E-state index >= 15 is 0 Å². The van der Waals surface area contributed by atoms with Crippen molar-refractivity contribution in [2.45, 2.75) is 18.6 Å². The Kier molecular flexibility index (Phi) is 5.04. The summed E-state index contributed by atoms with van der Waals surface area (Å²) in [4.78, 5) is 0. The standard InChI is InChI=1S/C13H17BrClNO2/c1-17-13(4-5-18-9-13)8-16-7-10-2-3-12(15)11(14)6-10/h2-3,6,16H,4-5,7-9H2,1H3. The van der Waals surface area contributed by atoms with Crippen LogP contribution < -0.4 is 5.32 Å². The fourth-order valence-electron chi connectivity index (χ4n) is 2.05. The first kappa shape index (κ1) is 14.3. The lowest BCUT2D eigenvalue weighted by Crippen LogP contribution is -2.42. The van der Waals surface area contributed by atoms with Crippen LogP contribution in [0.3, 0.4) is 0 Å². The highest BCUT2D eigenvalue weighted by Crippen LogP contribution is 2.24. The van der Waals surface area contributed by atoms with Crippen LogP contribution in [-0.2, 0) is 16.0 Å². The van der Waals surface area contributed by atoms with E-state index in [-0.39, 0.29) is 5.60 Å². The van der Waals surface area contributed by atoms with Crippen molar-refractivity contribution in [2.75, 3.05) is 26.9 Å². The minimum atomic E-state index is -0.163. The monoisotopic (exact) mass is 333 g/mol. The van der Waals surface area contributed by atoms with Gasteiger partial charge < -0.3 is 14.8 Å². The van der Waals surface area contributed by atoms with Crippen molar-refractivity contribution in [3.63, 3.8) is 0 Å². The highest BCUT2D eigenvalue weighted by Gasteiger charge is 2.34. The van der Waals surface area contributed by atoms with Gasteiger partial charge in [0.05, 0.1) is 11.6 Å². The lowest BCUT2D eigenvalue weighted by molar-refractivity contribution is -0.0159. The Balaban J connectivity index is 1.86. The number of hydrogen-bond acceptors (Lipinski definition) is 3. The second-order valence-corrected chi connectivity index (χ2v) is 5.80. The van der Waals surface area contributed by atoms with E-state index in [1.54, 1.807) is 7.11 Å². The average Bonchev–Trinajstić information content (AvgIpc) is 2.83. The highest BCUT2D eigenvalue weighted by molar-refractivity contribution is 9.10. The Morgan fingerprint density at radius 3 is 3.00 bits per heavy atom. The van der Waals surface area contributed by atoms with Crippen molar-refractivity contribution in [1.29, 1.82) is 0 Å². The number of methoxy groups -OCH3 is 1. The summed E-state index contributed by atoms with van der Waals surface area (Å²) in [6.45, 7) is 3.04. The van der Waals surface area contributed by atoms with E-state index in [0.29, 0.717) is 6.61 Å². The zero-order chi connectivity index (χ0) is 13.0. The summed E-state index contributed by atoms with van der Waals surface area (Å²) in [5.74, 6) is 0. The molecule has 2 rings (SSSR count). The van der Waals surface area contributed by atoms with Crippen LogP contribution in [0.25, 0.3) is 0 Å². The summed E-state index contributed by atoms with van der Waals surface area (Å²) in [6.07, 6.45) is 0.945. The molecule has 1 heterocycles. The van der Waals surface area contributed by atoms with Crippen molar-refractivity contribution < 1.29 is 9.47 Å². The minimum absolute atomic E-state index is 0.163. The molecular formula is C13H17BrClNO2. The molecule has 1 aliphatic rings. The van der Waals surface area contributed by atoms with Gasteiger partial charge in [-0.2, -0.15) is 0 Å². The van der Waals surface area contributed by atoms with E-state index in [1.807, 2.05) is 18.2 Å². The molecule has 1 atom stereocenters. The molecule has 0 amide bonds. The number of halogens is 2. The van der Waals surface area contributed by atoms with Gasteiger partial charge in [-0.15, -0.1) is 0 Å². The molecule has 1 aromatic carbocycles. The van der Waals surface area contributed by atoms with Gasteiger partial charge in [-0.1, -0.05) is 17.7 Å². The molecule has 0 radical (unpaired) electrons. The maximum absolute atomic E-state index is 5.96. The average molecular weight is 335 g/mol. The van der Waals surface area contributed by atoms with E-state index in [1.165, 1.54) is 5.56 Å². The summed E-state index contributed by atoms with van der Waals surface area (Å²) in [5.41, 5.74) is 1.03. The van der Waals surface area contributed by atoms with Crippen LogP contribution in [0, 0.1) is 0 Å². The zero-order valence-corrected chi connectivity index (χ0v) is 12.7. The molecule has 1 aliphatic heterocycles. The van der Waals surface area contributed by atoms with E-state index in [9.17, 15) is 0 Å². The molecule has 0 aliphatic carbocycles. The van der Waals surface area contributed by atoms with Gasteiger partial charge in [0.25, 0.3) is 0 Å². The maximum Gasteiger partial charge on any atom is 0.106 e. The zero-order valence-electron chi connectivity index (χ0n) is 10.3. The van der Waals surface area contributed by atoms with Gasteiger partial charge in [0.2, 0.25) is 0 Å². The first-order valence-corrected chi connectivity index (χ1v) is 7.10. The molecule has 18 heavy (non-hydrogen) atoms. The van der Waals surface area contributed by atoms with E-state index in [0.717, 1.165) is 35.6 Å². The molecule has 0 bridgehead atoms. The normalized spacial score (nSPS) is 23.5. The van der Waals surface area contributed by atoms with Gasteiger partial charge in [0.15, 0.2) is 0 Å². The van der Waals surface area contributed by atoms with Crippen LogP contribution in [0.2, 0.25) is 5.02 Å². The molecule has 1 saturated heterocycles. The third-order valence-electron chi connectivity index (χ3n) is 3.26. The summed E-state index contributed by atoms with van der Waals surface area (Å²) in [5, 5.41) is 4.15. The molecular weight excluding hydrogens is 318 g/mol. The van der Waals surface area contributed by atoms with Crippen molar-refractivity contribution in [1.82, 2.24) is 5.32 Å². The Morgan fingerprint density at radius 2 is 2.39 bits per heavy atom. The number of rotatable bonds is 5. The number of hydrogen-bond donors (Lipinski definition) is 1. The largest absolute Gasteiger partial charge is 0.378 e. The predicted octanol–water partition coefficient (Wildman–Crippen LogP) is 3.00. The quantitative estimate of drug-likeness (QED) is 0.898. The first-order valence-electron chi connectivity index (χ1n) is 5.93. The summed E-state index contributed by atoms with van der Waals surface area (Å²) >= 11 is 9.38. The lowest BCUT2D eigenvalue weighted by atomic mass is 10.0. The summed E-state index contributed by atoms with van der Waals surface area (Å²) in [6, 6.07) is 5.94. The van der Waals surface area contributed by atoms with Gasteiger partial charge in [0, 0.05) is 37.7 Å². The fraction of sp³-hybridized carbons (Fsp3) is 0.538. The molecule has 1 N–H and O–H groups in total. The molecule has 0 aromatic heterocycles. The Morgan fingerprint density at radius 1 is 1.56 bits per heavy atom. The number of nitrogens with one attached hydrogen (secondary N) is 1. The van der Waals surface area contributed by atoms with Crippen LogP contribution in [-0.4, -0.2) is 32.5 Å². The second-order valence-electron chi connectivity index (χ2n) is 4.54. The van der Waals surface area contributed by atoms with Crippen LogP contribution in [0.5, 0.6) is 0 Å². The Bertz CT molecular complexity index is 408. The summed E-state index contributed by atoms with van der Waals surface area (Å²) < 4.78 is 11.9. The molecule has 0 saturated carbocycles. The predicted molar refractivity (Wildman–Crippen MR) is 76.0 cm³/mol. The van der Waals surface area contributed by atoms with Crippen LogP contribution in [0.1, 0.15) is 12.0 Å². The van der Waals surface area contributed by atoms with Gasteiger partial charge in [-0.05, 0) is 33.6 Å². The fourth-order valence-corrected chi connectivity index (χ4v) is 2.59. The molecule has 100 valence electrons. The Labute approximate surface area is 121 Å². The summed E-state index contributed by atoms with van der Waals surface area (Å²) in [7, 11) is 1.75. The molecule has 1 fully saturated rings. The van der Waals surface area contributed by atoms with Gasteiger partial charge in [-0.3, -0.25) is 0 Å². The molecule has 1 aromatic rings. The lowest BCUT2D eigenvalue weighted by Gasteiger charge is -2.26. The third kappa shape index (κ3) is 3.45. The number of benzene rings is 1. The second kappa shape index (κ2) is 6.35. The van der Waals surface area contributed by atoms with E-state index in [2.05, 4.69) is 21.2 Å². The van der Waals surface area contributed by atoms with Crippen LogP contribution in [0.15, 0.2) is 22.7 Å². The topological polar surface area (TPSA) is 30.5 Å². The molecule has 3 nitrogen and oxygen atoms in total. The van der Waals surface area contributed by atoms with Crippen molar-refractivity contribution in [3.8, 4) is 0 Å². The van der Waals surface area contributed by atoms with Gasteiger partial charge in [-0.25, -0.2) is 0 Å². The van der Waals surface area contributed by atoms with E-state index in [4.69, 9.17) is 21.1 Å². The van der Waals surface area contributed by atoms with Crippen LogP contribution >= 0.6 is 27.5 Å². The van der Waals surface area contributed by atoms with Crippen molar-refractivity contribution in [2.24, 2.45) is 0 Å². The van der Waals surface area contributed by atoms with Gasteiger partial charge >= 0.3 is 0 Å². The molecule has 0 spiro atoms. The van der Waals surface area contributed by atoms with Crippen molar-refractivity contribution in [3.05, 3.63) is 33.3 Å².